The largest absolute Gasteiger partial charge is 0.497 e. The highest BCUT2D eigenvalue weighted by Gasteiger charge is 2.33. The van der Waals surface area contributed by atoms with Gasteiger partial charge < -0.3 is 23.8 Å². The second-order valence-electron chi connectivity index (χ2n) is 6.63. The second-order valence-corrected chi connectivity index (χ2v) is 6.63. The summed E-state index contributed by atoms with van der Waals surface area (Å²) in [5.74, 6) is 2.64. The van der Waals surface area contributed by atoms with Crippen LogP contribution >= 0.6 is 0 Å². The first-order valence-corrected chi connectivity index (χ1v) is 9.14. The van der Waals surface area contributed by atoms with Crippen molar-refractivity contribution in [2.24, 2.45) is 0 Å². The van der Waals surface area contributed by atoms with E-state index in [9.17, 15) is 4.79 Å². The summed E-state index contributed by atoms with van der Waals surface area (Å²) in [6.45, 7) is 1.82. The number of ether oxygens (including phenoxy) is 4. The van der Waals surface area contributed by atoms with Gasteiger partial charge in [0.1, 0.15) is 24.7 Å². The van der Waals surface area contributed by atoms with E-state index in [1.54, 1.807) is 32.4 Å². The topological polar surface area (TPSA) is 57.2 Å². The van der Waals surface area contributed by atoms with Gasteiger partial charge in [0.15, 0.2) is 11.5 Å². The minimum atomic E-state index is -0.0526. The van der Waals surface area contributed by atoms with Gasteiger partial charge in [0.25, 0.3) is 5.91 Å². The summed E-state index contributed by atoms with van der Waals surface area (Å²) in [6.07, 6.45) is 1.87. The third-order valence-electron chi connectivity index (χ3n) is 5.10. The van der Waals surface area contributed by atoms with Crippen molar-refractivity contribution < 1.29 is 23.7 Å². The maximum absolute atomic E-state index is 13.3. The number of carbonyl (C=O) groups is 1. The molecule has 1 fully saturated rings. The zero-order chi connectivity index (χ0) is 18.8. The minimum Gasteiger partial charge on any atom is -0.497 e. The zero-order valence-corrected chi connectivity index (χ0v) is 15.6. The van der Waals surface area contributed by atoms with Gasteiger partial charge in [-0.05, 0) is 48.7 Å². The number of hydrogen-bond donors (Lipinski definition) is 0. The summed E-state index contributed by atoms with van der Waals surface area (Å²) < 4.78 is 22.0. The number of carbonyl (C=O) groups excluding carboxylic acids is 1. The van der Waals surface area contributed by atoms with Gasteiger partial charge in [-0.2, -0.15) is 0 Å². The number of likely N-dealkylation sites (tertiary alicyclic amines) is 1. The molecule has 2 aromatic carbocycles. The van der Waals surface area contributed by atoms with Crippen LogP contribution < -0.4 is 18.9 Å². The molecule has 1 amide bonds. The van der Waals surface area contributed by atoms with Crippen LogP contribution in [0.2, 0.25) is 0 Å². The molecular weight excluding hydrogens is 346 g/mol. The third kappa shape index (κ3) is 3.27. The molecule has 1 saturated heterocycles. The van der Waals surface area contributed by atoms with Crippen LogP contribution in [0.3, 0.4) is 0 Å². The van der Waals surface area contributed by atoms with Crippen LogP contribution in [0.15, 0.2) is 36.4 Å². The quantitative estimate of drug-likeness (QED) is 0.826. The van der Waals surface area contributed by atoms with Crippen LogP contribution in [0.5, 0.6) is 23.0 Å². The van der Waals surface area contributed by atoms with Gasteiger partial charge >= 0.3 is 0 Å². The fourth-order valence-electron chi connectivity index (χ4n) is 3.76. The molecule has 0 spiro atoms. The van der Waals surface area contributed by atoms with E-state index in [1.807, 2.05) is 23.1 Å². The van der Waals surface area contributed by atoms with Gasteiger partial charge in [0, 0.05) is 6.54 Å². The van der Waals surface area contributed by atoms with E-state index < -0.39 is 0 Å². The van der Waals surface area contributed by atoms with Crippen molar-refractivity contribution in [3.63, 3.8) is 0 Å². The Bertz CT molecular complexity index is 850. The lowest BCUT2D eigenvalue weighted by atomic mass is 10.0. The molecular formula is C21H23NO5. The molecule has 6 heteroatoms. The number of amides is 1. The molecule has 27 heavy (non-hydrogen) atoms. The molecule has 1 unspecified atom stereocenters. The van der Waals surface area contributed by atoms with Crippen LogP contribution in [-0.4, -0.2) is 44.8 Å². The van der Waals surface area contributed by atoms with Crippen molar-refractivity contribution in [2.45, 2.75) is 18.9 Å². The Morgan fingerprint density at radius 2 is 1.85 bits per heavy atom. The Kier molecular flexibility index (Phi) is 4.79. The van der Waals surface area contributed by atoms with E-state index in [-0.39, 0.29) is 11.9 Å². The zero-order valence-electron chi connectivity index (χ0n) is 15.6. The van der Waals surface area contributed by atoms with Gasteiger partial charge in [-0.3, -0.25) is 4.79 Å². The molecule has 0 radical (unpaired) electrons. The number of methoxy groups -OCH3 is 2. The van der Waals surface area contributed by atoms with Crippen molar-refractivity contribution in [2.75, 3.05) is 34.0 Å². The number of benzene rings is 2. The standard InChI is InChI=1S/C21H23NO5/c1-24-15-6-8-18(25-2)16(13-15)21(23)22-9-3-4-17(22)14-5-7-19-20(12-14)27-11-10-26-19/h5-8,12-13,17H,3-4,9-11H2,1-2H3. The minimum absolute atomic E-state index is 0.00392. The van der Waals surface area contributed by atoms with E-state index in [0.717, 1.165) is 29.9 Å². The molecule has 2 aliphatic rings. The average molecular weight is 369 g/mol. The molecule has 0 aromatic heterocycles. The van der Waals surface area contributed by atoms with Crippen LogP contribution in [0.25, 0.3) is 0 Å². The van der Waals surface area contributed by atoms with E-state index >= 15 is 0 Å². The molecule has 2 heterocycles. The lowest BCUT2D eigenvalue weighted by Gasteiger charge is -2.27. The smallest absolute Gasteiger partial charge is 0.258 e. The summed E-state index contributed by atoms with van der Waals surface area (Å²) in [5, 5.41) is 0. The van der Waals surface area contributed by atoms with Gasteiger partial charge in [0.05, 0.1) is 25.8 Å². The predicted octanol–water partition coefficient (Wildman–Crippen LogP) is 3.45. The number of nitrogens with zero attached hydrogens (tertiary/aromatic N) is 1. The van der Waals surface area contributed by atoms with Crippen LogP contribution in [0.1, 0.15) is 34.8 Å². The Morgan fingerprint density at radius 1 is 1.04 bits per heavy atom. The fraction of sp³-hybridized carbons (Fsp3) is 0.381. The second kappa shape index (κ2) is 7.39. The first-order chi connectivity index (χ1) is 13.2. The molecule has 2 aromatic rings. The molecule has 0 bridgehead atoms. The average Bonchev–Trinajstić information content (AvgIpc) is 3.22. The summed E-state index contributed by atoms with van der Waals surface area (Å²) in [4.78, 5) is 15.2. The predicted molar refractivity (Wildman–Crippen MR) is 100.0 cm³/mol. The van der Waals surface area contributed by atoms with Crippen molar-refractivity contribution in [1.82, 2.24) is 4.90 Å². The maximum atomic E-state index is 13.3. The van der Waals surface area contributed by atoms with Gasteiger partial charge in [-0.25, -0.2) is 0 Å². The maximum Gasteiger partial charge on any atom is 0.258 e. The van der Waals surface area contributed by atoms with Crippen LogP contribution in [0, 0.1) is 0 Å². The molecule has 6 nitrogen and oxygen atoms in total. The SMILES string of the molecule is COc1ccc(OC)c(C(=O)N2CCCC2c2ccc3c(c2)OCCO3)c1. The highest BCUT2D eigenvalue weighted by atomic mass is 16.6. The van der Waals surface area contributed by atoms with Gasteiger partial charge in [-0.15, -0.1) is 0 Å². The number of rotatable bonds is 4. The Morgan fingerprint density at radius 3 is 2.63 bits per heavy atom. The lowest BCUT2D eigenvalue weighted by Crippen LogP contribution is -2.31. The number of hydrogen-bond acceptors (Lipinski definition) is 5. The van der Waals surface area contributed by atoms with E-state index in [2.05, 4.69) is 0 Å². The molecule has 2 aliphatic heterocycles. The Hall–Kier alpha value is -2.89. The summed E-state index contributed by atoms with van der Waals surface area (Å²) >= 11 is 0. The molecule has 4 rings (SSSR count). The molecule has 0 aliphatic carbocycles. The summed E-state index contributed by atoms with van der Waals surface area (Å²) in [6, 6.07) is 11.2. The van der Waals surface area contributed by atoms with Crippen molar-refractivity contribution in [3.05, 3.63) is 47.5 Å². The normalized spacial score (nSPS) is 18.3. The number of fused-ring (bicyclic) bond motifs is 1. The van der Waals surface area contributed by atoms with Crippen molar-refractivity contribution >= 4 is 5.91 Å². The molecule has 0 N–H and O–H groups in total. The van der Waals surface area contributed by atoms with Gasteiger partial charge in [0.2, 0.25) is 0 Å². The molecule has 0 saturated carbocycles. The third-order valence-corrected chi connectivity index (χ3v) is 5.10. The fourth-order valence-corrected chi connectivity index (χ4v) is 3.76. The van der Waals surface area contributed by atoms with E-state index in [0.29, 0.717) is 36.8 Å². The Balaban J connectivity index is 1.64. The van der Waals surface area contributed by atoms with Crippen LogP contribution in [-0.2, 0) is 0 Å². The van der Waals surface area contributed by atoms with E-state index in [1.165, 1.54) is 0 Å². The van der Waals surface area contributed by atoms with Crippen LogP contribution in [0.4, 0.5) is 0 Å². The monoisotopic (exact) mass is 369 g/mol. The highest BCUT2D eigenvalue weighted by Crippen LogP contribution is 2.39. The summed E-state index contributed by atoms with van der Waals surface area (Å²) in [5.41, 5.74) is 1.58. The summed E-state index contributed by atoms with van der Waals surface area (Å²) in [7, 11) is 3.16. The molecule has 142 valence electrons. The van der Waals surface area contributed by atoms with Crippen molar-refractivity contribution in [1.29, 1.82) is 0 Å². The first-order valence-electron chi connectivity index (χ1n) is 9.14. The first kappa shape index (κ1) is 17.5. The Labute approximate surface area is 158 Å². The van der Waals surface area contributed by atoms with Crippen molar-refractivity contribution in [3.8, 4) is 23.0 Å². The highest BCUT2D eigenvalue weighted by molar-refractivity contribution is 5.97. The molecule has 1 atom stereocenters. The van der Waals surface area contributed by atoms with Gasteiger partial charge in [-0.1, -0.05) is 6.07 Å². The lowest BCUT2D eigenvalue weighted by molar-refractivity contribution is 0.0731. The van der Waals surface area contributed by atoms with E-state index in [4.69, 9.17) is 18.9 Å².